The van der Waals surface area contributed by atoms with Crippen molar-refractivity contribution in [2.45, 2.75) is 25.7 Å². The van der Waals surface area contributed by atoms with Crippen LogP contribution in [0, 0.1) is 0 Å². The van der Waals surface area contributed by atoms with Crippen molar-refractivity contribution < 1.29 is 19.0 Å². The minimum Gasteiger partial charge on any atom is -0.469 e. The quantitative estimate of drug-likeness (QED) is 0.202. The summed E-state index contributed by atoms with van der Waals surface area (Å²) in [5.41, 5.74) is 1.18. The number of nitrogens with one attached hydrogen (secondary N) is 2. The third kappa shape index (κ3) is 7.37. The monoisotopic (exact) mass is 463 g/mol. The van der Waals surface area contributed by atoms with Crippen LogP contribution in [0.25, 0.3) is 0 Å². The molecule has 1 heterocycles. The van der Waals surface area contributed by atoms with Crippen LogP contribution in [0.4, 0.5) is 0 Å². The van der Waals surface area contributed by atoms with Crippen LogP contribution in [0.2, 0.25) is 0 Å². The molecule has 7 nitrogen and oxygen atoms in total. The van der Waals surface area contributed by atoms with E-state index in [0.29, 0.717) is 13.2 Å². The largest absolute Gasteiger partial charge is 0.469 e. The lowest BCUT2D eigenvalue weighted by molar-refractivity contribution is -0.140. The molecular formula is C17H26IN3O4. The van der Waals surface area contributed by atoms with E-state index < -0.39 is 0 Å². The van der Waals surface area contributed by atoms with Crippen LogP contribution < -0.4 is 20.1 Å². The molecule has 0 bridgehead atoms. The Morgan fingerprint density at radius 3 is 2.72 bits per heavy atom. The molecule has 0 fully saturated rings. The fraction of sp³-hybridized carbons (Fsp3) is 0.529. The van der Waals surface area contributed by atoms with Crippen molar-refractivity contribution in [3.05, 3.63) is 23.8 Å². The van der Waals surface area contributed by atoms with Crippen LogP contribution in [-0.2, 0) is 16.0 Å². The zero-order chi connectivity index (χ0) is 17.2. The van der Waals surface area contributed by atoms with Gasteiger partial charge in [0.25, 0.3) is 0 Å². The lowest BCUT2D eigenvalue weighted by Crippen LogP contribution is -2.38. The maximum absolute atomic E-state index is 11.0. The number of benzene rings is 1. The Kier molecular flexibility index (Phi) is 10.0. The third-order valence-electron chi connectivity index (χ3n) is 3.69. The highest BCUT2D eigenvalue weighted by atomic mass is 127. The molecule has 2 N–H and O–H groups in total. The molecule has 1 aromatic rings. The second-order valence-corrected chi connectivity index (χ2v) is 5.40. The number of ether oxygens (including phenoxy) is 3. The molecule has 8 heteroatoms. The summed E-state index contributed by atoms with van der Waals surface area (Å²) in [7, 11) is 3.15. The van der Waals surface area contributed by atoms with E-state index in [9.17, 15) is 4.79 Å². The molecule has 0 aromatic heterocycles. The van der Waals surface area contributed by atoms with Crippen LogP contribution in [-0.4, -0.2) is 46.0 Å². The summed E-state index contributed by atoms with van der Waals surface area (Å²) in [6.07, 6.45) is 3.00. The SMILES string of the molecule is CN=C(NCCCCC(=O)OC)NCCc1ccc2c(c1)OCO2.I. The second kappa shape index (κ2) is 11.8. The topological polar surface area (TPSA) is 81.2 Å². The van der Waals surface area contributed by atoms with Crippen LogP contribution in [0.15, 0.2) is 23.2 Å². The van der Waals surface area contributed by atoms with Gasteiger partial charge >= 0.3 is 5.97 Å². The number of guanidine groups is 1. The van der Waals surface area contributed by atoms with Crippen molar-refractivity contribution in [3.8, 4) is 11.5 Å². The van der Waals surface area contributed by atoms with E-state index in [1.165, 1.54) is 12.7 Å². The summed E-state index contributed by atoms with van der Waals surface area (Å²) in [5.74, 6) is 2.20. The van der Waals surface area contributed by atoms with Crippen LogP contribution in [0.3, 0.4) is 0 Å². The van der Waals surface area contributed by atoms with Gasteiger partial charge in [-0.3, -0.25) is 9.79 Å². The van der Waals surface area contributed by atoms with Gasteiger partial charge in [0.15, 0.2) is 17.5 Å². The van der Waals surface area contributed by atoms with Crippen molar-refractivity contribution >= 4 is 35.9 Å². The van der Waals surface area contributed by atoms with Crippen LogP contribution >= 0.6 is 24.0 Å². The molecule has 140 valence electrons. The maximum atomic E-state index is 11.0. The summed E-state index contributed by atoms with van der Waals surface area (Å²) >= 11 is 0. The number of nitrogens with zero attached hydrogens (tertiary/aromatic N) is 1. The van der Waals surface area contributed by atoms with Crippen molar-refractivity contribution in [2.24, 2.45) is 4.99 Å². The first-order valence-electron chi connectivity index (χ1n) is 8.13. The first-order chi connectivity index (χ1) is 11.7. The molecule has 1 aromatic carbocycles. The molecular weight excluding hydrogens is 437 g/mol. The van der Waals surface area contributed by atoms with E-state index in [1.54, 1.807) is 7.05 Å². The molecule has 0 saturated carbocycles. The van der Waals surface area contributed by atoms with Crippen molar-refractivity contribution in [3.63, 3.8) is 0 Å². The number of carbonyl (C=O) groups excluding carboxylic acids is 1. The predicted octanol–water partition coefficient (Wildman–Crippen LogP) is 2.08. The van der Waals surface area contributed by atoms with Gasteiger partial charge in [-0.1, -0.05) is 6.07 Å². The molecule has 2 rings (SSSR count). The van der Waals surface area contributed by atoms with E-state index >= 15 is 0 Å². The van der Waals surface area contributed by atoms with Crippen LogP contribution in [0.5, 0.6) is 11.5 Å². The highest BCUT2D eigenvalue weighted by Crippen LogP contribution is 2.32. The number of hydrogen-bond acceptors (Lipinski definition) is 5. The van der Waals surface area contributed by atoms with Gasteiger partial charge in [0.1, 0.15) is 0 Å². The molecule has 0 radical (unpaired) electrons. The van der Waals surface area contributed by atoms with Crippen LogP contribution in [0.1, 0.15) is 24.8 Å². The van der Waals surface area contributed by atoms with E-state index in [2.05, 4.69) is 20.4 Å². The third-order valence-corrected chi connectivity index (χ3v) is 3.69. The normalized spacial score (nSPS) is 12.3. The van der Waals surface area contributed by atoms with E-state index in [0.717, 1.165) is 49.8 Å². The molecule has 0 saturated heterocycles. The van der Waals surface area contributed by atoms with E-state index in [1.807, 2.05) is 18.2 Å². The number of methoxy groups -OCH3 is 1. The number of esters is 1. The lowest BCUT2D eigenvalue weighted by atomic mass is 10.1. The fourth-order valence-electron chi connectivity index (χ4n) is 2.35. The highest BCUT2D eigenvalue weighted by molar-refractivity contribution is 14.0. The number of fused-ring (bicyclic) bond motifs is 1. The standard InChI is InChI=1S/C17H25N3O4.HI/c1-18-17(19-9-4-3-5-16(21)22-2)20-10-8-13-6-7-14-15(11-13)24-12-23-14;/h6-7,11H,3-5,8-10,12H2,1-2H3,(H2,18,19,20);1H. The Morgan fingerprint density at radius 1 is 1.20 bits per heavy atom. The van der Waals surface area contributed by atoms with Gasteiger partial charge in [-0.05, 0) is 37.0 Å². The first kappa shape index (κ1) is 21.3. The molecule has 0 atom stereocenters. The number of rotatable bonds is 8. The number of aliphatic imine (C=N–C) groups is 1. The summed E-state index contributed by atoms with van der Waals surface area (Å²) in [4.78, 5) is 15.2. The summed E-state index contributed by atoms with van der Waals surface area (Å²) in [6, 6.07) is 5.98. The van der Waals surface area contributed by atoms with Crippen molar-refractivity contribution in [1.29, 1.82) is 0 Å². The Morgan fingerprint density at radius 2 is 1.96 bits per heavy atom. The zero-order valence-corrected chi connectivity index (χ0v) is 17.0. The fourth-order valence-corrected chi connectivity index (χ4v) is 2.35. The first-order valence-corrected chi connectivity index (χ1v) is 8.13. The van der Waals surface area contributed by atoms with Gasteiger partial charge in [-0.2, -0.15) is 0 Å². The summed E-state index contributed by atoms with van der Waals surface area (Å²) < 4.78 is 15.3. The maximum Gasteiger partial charge on any atom is 0.305 e. The van der Waals surface area contributed by atoms with Gasteiger partial charge < -0.3 is 24.8 Å². The van der Waals surface area contributed by atoms with Crippen molar-refractivity contribution in [1.82, 2.24) is 10.6 Å². The Bertz CT molecular complexity index is 581. The Labute approximate surface area is 165 Å². The van der Waals surface area contributed by atoms with Gasteiger partial charge in [-0.25, -0.2) is 0 Å². The molecule has 0 amide bonds. The minimum atomic E-state index is -0.166. The number of hydrogen-bond donors (Lipinski definition) is 2. The second-order valence-electron chi connectivity index (χ2n) is 5.40. The predicted molar refractivity (Wildman–Crippen MR) is 107 cm³/mol. The van der Waals surface area contributed by atoms with Gasteiger partial charge in [0, 0.05) is 26.6 Å². The average Bonchev–Trinajstić information content (AvgIpc) is 3.07. The number of halogens is 1. The molecule has 1 aliphatic rings. The molecule has 0 aliphatic carbocycles. The molecule has 25 heavy (non-hydrogen) atoms. The number of unbranched alkanes of at least 4 members (excludes halogenated alkanes) is 1. The number of carbonyl (C=O) groups is 1. The smallest absolute Gasteiger partial charge is 0.305 e. The van der Waals surface area contributed by atoms with Gasteiger partial charge in [-0.15, -0.1) is 24.0 Å². The molecule has 0 spiro atoms. The van der Waals surface area contributed by atoms with Crippen molar-refractivity contribution in [2.75, 3.05) is 34.0 Å². The zero-order valence-electron chi connectivity index (χ0n) is 14.7. The van der Waals surface area contributed by atoms with Gasteiger partial charge in [0.2, 0.25) is 6.79 Å². The summed E-state index contributed by atoms with van der Waals surface area (Å²) in [5, 5.41) is 6.50. The molecule has 0 unspecified atom stereocenters. The minimum absolute atomic E-state index is 0. The molecule has 1 aliphatic heterocycles. The van der Waals surface area contributed by atoms with E-state index in [-0.39, 0.29) is 29.9 Å². The Hall–Kier alpha value is -1.71. The highest BCUT2D eigenvalue weighted by Gasteiger charge is 2.12. The van der Waals surface area contributed by atoms with E-state index in [4.69, 9.17) is 9.47 Å². The lowest BCUT2D eigenvalue weighted by Gasteiger charge is -2.12. The van der Waals surface area contributed by atoms with Gasteiger partial charge in [0.05, 0.1) is 7.11 Å². The average molecular weight is 463 g/mol. The summed E-state index contributed by atoms with van der Waals surface area (Å²) in [6.45, 7) is 1.83. The Balaban J connectivity index is 0.00000312.